The summed E-state index contributed by atoms with van der Waals surface area (Å²) in [6, 6.07) is 14.1. The van der Waals surface area contributed by atoms with Crippen LogP contribution < -0.4 is 0 Å². The van der Waals surface area contributed by atoms with E-state index in [1.54, 1.807) is 31.2 Å². The van der Waals surface area contributed by atoms with Crippen LogP contribution in [0.5, 0.6) is 0 Å². The highest BCUT2D eigenvalue weighted by Gasteiger charge is 2.13. The number of halogens is 1. The van der Waals surface area contributed by atoms with E-state index in [9.17, 15) is 9.59 Å². The number of benzene rings is 2. The molecule has 2 aromatic rings. The third kappa shape index (κ3) is 4.61. The Labute approximate surface area is 138 Å². The zero-order valence-electron chi connectivity index (χ0n) is 12.0. The molecule has 2 rings (SSSR count). The van der Waals surface area contributed by atoms with E-state index in [1.807, 2.05) is 24.3 Å². The minimum absolute atomic E-state index is 0.0898. The lowest BCUT2D eigenvalue weighted by Gasteiger charge is -2.08. The van der Waals surface area contributed by atoms with Gasteiger partial charge in [0.1, 0.15) is 0 Å². The van der Waals surface area contributed by atoms with Crippen LogP contribution in [0, 0.1) is 0 Å². The molecule has 5 heteroatoms. The molecule has 22 heavy (non-hydrogen) atoms. The summed E-state index contributed by atoms with van der Waals surface area (Å²) >= 11 is 6.92. The second-order valence-electron chi connectivity index (χ2n) is 4.49. The van der Waals surface area contributed by atoms with E-state index >= 15 is 0 Å². The van der Waals surface area contributed by atoms with Gasteiger partial charge in [0.15, 0.2) is 0 Å². The maximum Gasteiger partial charge on any atom is 0.310 e. The molecule has 0 aromatic heterocycles. The fourth-order valence-corrected chi connectivity index (χ4v) is 2.86. The molecule has 2 aromatic carbocycles. The molecule has 0 aliphatic rings. The second kappa shape index (κ2) is 8.01. The first-order chi connectivity index (χ1) is 10.6. The van der Waals surface area contributed by atoms with Gasteiger partial charge in [-0.15, -0.1) is 0 Å². The third-order valence-electron chi connectivity index (χ3n) is 2.90. The van der Waals surface area contributed by atoms with Gasteiger partial charge in [-0.25, -0.2) is 0 Å². The van der Waals surface area contributed by atoms with Gasteiger partial charge in [-0.05, 0) is 54.6 Å². The van der Waals surface area contributed by atoms with Gasteiger partial charge in [0.25, 0.3) is 0 Å². The maximum absolute atomic E-state index is 12.3. The SMILES string of the molecule is CCOC(=O)Cc1ccccc1SC(=O)c1ccc(Cl)cc1. The molecule has 114 valence electrons. The minimum atomic E-state index is -0.297. The smallest absolute Gasteiger partial charge is 0.310 e. The molecule has 0 amide bonds. The van der Waals surface area contributed by atoms with Crippen LogP contribution in [0.3, 0.4) is 0 Å². The predicted molar refractivity (Wildman–Crippen MR) is 88.4 cm³/mol. The van der Waals surface area contributed by atoms with Gasteiger partial charge in [-0.2, -0.15) is 0 Å². The van der Waals surface area contributed by atoms with Gasteiger partial charge in [-0.3, -0.25) is 9.59 Å². The predicted octanol–water partition coefficient (Wildman–Crippen LogP) is 4.38. The van der Waals surface area contributed by atoms with Crippen molar-refractivity contribution in [2.45, 2.75) is 18.2 Å². The standard InChI is InChI=1S/C17H15ClO3S/c1-2-21-16(19)11-13-5-3-4-6-15(13)22-17(20)12-7-9-14(18)10-8-12/h3-10H,2,11H2,1H3. The van der Waals surface area contributed by atoms with E-state index < -0.39 is 0 Å². The van der Waals surface area contributed by atoms with E-state index in [4.69, 9.17) is 16.3 Å². The van der Waals surface area contributed by atoms with E-state index in [1.165, 1.54) is 0 Å². The van der Waals surface area contributed by atoms with Crippen LogP contribution in [0.15, 0.2) is 53.4 Å². The zero-order valence-corrected chi connectivity index (χ0v) is 13.6. The Hall–Kier alpha value is -1.78. The molecule has 0 N–H and O–H groups in total. The van der Waals surface area contributed by atoms with Crippen molar-refractivity contribution in [2.75, 3.05) is 6.61 Å². The fraction of sp³-hybridized carbons (Fsp3) is 0.176. The molecular formula is C17H15ClO3S. The Balaban J connectivity index is 2.13. The Kier molecular flexibility index (Phi) is 6.04. The quantitative estimate of drug-likeness (QED) is 0.601. The lowest BCUT2D eigenvalue weighted by atomic mass is 10.1. The summed E-state index contributed by atoms with van der Waals surface area (Å²) < 4.78 is 4.96. The molecule has 0 aliphatic carbocycles. The Morgan fingerprint density at radius 3 is 2.45 bits per heavy atom. The molecule has 0 saturated heterocycles. The van der Waals surface area contributed by atoms with Crippen molar-refractivity contribution < 1.29 is 14.3 Å². The van der Waals surface area contributed by atoms with Gasteiger partial charge in [0.05, 0.1) is 13.0 Å². The van der Waals surface area contributed by atoms with Crippen molar-refractivity contribution in [2.24, 2.45) is 0 Å². The summed E-state index contributed by atoms with van der Waals surface area (Å²) in [6.45, 7) is 2.11. The molecule has 3 nitrogen and oxygen atoms in total. The van der Waals surface area contributed by atoms with Crippen molar-refractivity contribution in [3.8, 4) is 0 Å². The van der Waals surface area contributed by atoms with Crippen molar-refractivity contribution in [3.05, 3.63) is 64.7 Å². The highest BCUT2D eigenvalue weighted by Crippen LogP contribution is 2.27. The van der Waals surface area contributed by atoms with Crippen LogP contribution in [-0.4, -0.2) is 17.7 Å². The van der Waals surface area contributed by atoms with Crippen LogP contribution in [0.1, 0.15) is 22.8 Å². The number of hydrogen-bond donors (Lipinski definition) is 0. The first-order valence-electron chi connectivity index (χ1n) is 6.81. The molecule has 0 atom stereocenters. The number of ether oxygens (including phenoxy) is 1. The topological polar surface area (TPSA) is 43.4 Å². The first-order valence-corrected chi connectivity index (χ1v) is 8.01. The molecule has 0 fully saturated rings. The van der Waals surface area contributed by atoms with E-state index in [0.29, 0.717) is 17.2 Å². The lowest BCUT2D eigenvalue weighted by molar-refractivity contribution is -0.142. The maximum atomic E-state index is 12.3. The van der Waals surface area contributed by atoms with Crippen LogP contribution >= 0.6 is 23.4 Å². The Morgan fingerprint density at radius 1 is 1.09 bits per heavy atom. The summed E-state index contributed by atoms with van der Waals surface area (Å²) in [5.74, 6) is -0.297. The average Bonchev–Trinajstić information content (AvgIpc) is 2.50. The van der Waals surface area contributed by atoms with Crippen LogP contribution in [-0.2, 0) is 16.0 Å². The molecule has 0 aliphatic heterocycles. The number of thioether (sulfide) groups is 1. The molecule has 0 spiro atoms. The normalized spacial score (nSPS) is 10.3. The van der Waals surface area contributed by atoms with Gasteiger partial charge in [-0.1, -0.05) is 29.8 Å². The summed E-state index contributed by atoms with van der Waals surface area (Å²) in [5, 5.41) is 0.497. The van der Waals surface area contributed by atoms with E-state index in [0.717, 1.165) is 22.2 Å². The van der Waals surface area contributed by atoms with Crippen LogP contribution in [0.2, 0.25) is 5.02 Å². The minimum Gasteiger partial charge on any atom is -0.466 e. The Bertz CT molecular complexity index is 668. The van der Waals surface area contributed by atoms with E-state index in [2.05, 4.69) is 0 Å². The molecule has 0 unspecified atom stereocenters. The highest BCUT2D eigenvalue weighted by atomic mass is 35.5. The third-order valence-corrected chi connectivity index (χ3v) is 4.19. The fourth-order valence-electron chi connectivity index (χ4n) is 1.86. The van der Waals surface area contributed by atoms with Gasteiger partial charge in [0, 0.05) is 15.5 Å². The van der Waals surface area contributed by atoms with Gasteiger partial charge in [0.2, 0.25) is 5.12 Å². The van der Waals surface area contributed by atoms with Gasteiger partial charge >= 0.3 is 5.97 Å². The number of hydrogen-bond acceptors (Lipinski definition) is 4. The molecular weight excluding hydrogens is 320 g/mol. The summed E-state index contributed by atoms with van der Waals surface area (Å²) in [5.41, 5.74) is 1.36. The number of carbonyl (C=O) groups is 2. The largest absolute Gasteiger partial charge is 0.466 e. The average molecular weight is 335 g/mol. The lowest BCUT2D eigenvalue weighted by Crippen LogP contribution is -2.08. The number of carbonyl (C=O) groups excluding carboxylic acids is 2. The molecule has 0 bridgehead atoms. The highest BCUT2D eigenvalue weighted by molar-refractivity contribution is 8.14. The van der Waals surface area contributed by atoms with Crippen molar-refractivity contribution in [1.82, 2.24) is 0 Å². The van der Waals surface area contributed by atoms with Crippen LogP contribution in [0.4, 0.5) is 0 Å². The van der Waals surface area contributed by atoms with Crippen LogP contribution in [0.25, 0.3) is 0 Å². The van der Waals surface area contributed by atoms with Crippen molar-refractivity contribution in [1.29, 1.82) is 0 Å². The van der Waals surface area contributed by atoms with Crippen molar-refractivity contribution in [3.63, 3.8) is 0 Å². The monoisotopic (exact) mass is 334 g/mol. The molecule has 0 saturated carbocycles. The van der Waals surface area contributed by atoms with Crippen molar-refractivity contribution >= 4 is 34.4 Å². The first kappa shape index (κ1) is 16.6. The second-order valence-corrected chi connectivity index (χ2v) is 5.94. The number of esters is 1. The van der Waals surface area contributed by atoms with E-state index in [-0.39, 0.29) is 17.5 Å². The van der Waals surface area contributed by atoms with Gasteiger partial charge < -0.3 is 4.74 Å². The Morgan fingerprint density at radius 2 is 1.77 bits per heavy atom. The summed E-state index contributed by atoms with van der Waals surface area (Å²) in [7, 11) is 0. The molecule has 0 radical (unpaired) electrons. The zero-order chi connectivity index (χ0) is 15.9. The number of rotatable bonds is 5. The molecule has 0 heterocycles. The summed E-state index contributed by atoms with van der Waals surface area (Å²) in [4.78, 5) is 24.7. The summed E-state index contributed by atoms with van der Waals surface area (Å²) in [6.07, 6.45) is 0.158.